The average molecular weight is 426 g/mol. The van der Waals surface area contributed by atoms with Crippen molar-refractivity contribution in [3.63, 3.8) is 0 Å². The number of nitrogens with one attached hydrogen (secondary N) is 4. The third kappa shape index (κ3) is 7.06. The molecule has 29 heavy (non-hydrogen) atoms. The Morgan fingerprint density at radius 2 is 2.17 bits per heavy atom. The van der Waals surface area contributed by atoms with E-state index >= 15 is 0 Å². The molecule has 7 N–H and O–H groups in total. The number of H-pyrrole nitrogens is 1. The Kier molecular flexibility index (Phi) is 8.46. The highest BCUT2D eigenvalue weighted by Gasteiger charge is 2.32. The summed E-state index contributed by atoms with van der Waals surface area (Å²) in [7, 11) is 0. The number of primary amides is 1. The summed E-state index contributed by atoms with van der Waals surface area (Å²) < 4.78 is 0. The van der Waals surface area contributed by atoms with Crippen molar-refractivity contribution >= 4 is 35.5 Å². The fourth-order valence-corrected chi connectivity index (χ4v) is 3.73. The molecule has 3 rings (SSSR count). The second kappa shape index (κ2) is 10.8. The zero-order valence-electron chi connectivity index (χ0n) is 16.0. The first-order chi connectivity index (χ1) is 13.8. The third-order valence-corrected chi connectivity index (χ3v) is 5.74. The van der Waals surface area contributed by atoms with Crippen molar-refractivity contribution in [1.29, 1.82) is 0 Å². The van der Waals surface area contributed by atoms with Gasteiger partial charge in [0.2, 0.25) is 17.7 Å². The maximum Gasteiger partial charge on any atom is 0.326 e. The Morgan fingerprint density at radius 3 is 2.66 bits per heavy atom. The van der Waals surface area contributed by atoms with Crippen LogP contribution in [-0.4, -0.2) is 74.4 Å². The van der Waals surface area contributed by atoms with Crippen LogP contribution < -0.4 is 21.7 Å². The lowest BCUT2D eigenvalue weighted by molar-refractivity contribution is -0.142. The summed E-state index contributed by atoms with van der Waals surface area (Å²) in [6.07, 6.45) is 5.08. The highest BCUT2D eigenvalue weighted by atomic mass is 32.2. The van der Waals surface area contributed by atoms with Gasteiger partial charge in [-0.3, -0.25) is 14.4 Å². The van der Waals surface area contributed by atoms with Crippen molar-refractivity contribution < 1.29 is 24.3 Å². The Hall–Kier alpha value is -2.60. The van der Waals surface area contributed by atoms with Crippen LogP contribution in [0.5, 0.6) is 0 Å². The van der Waals surface area contributed by atoms with Gasteiger partial charge in [0.1, 0.15) is 12.1 Å². The molecule has 160 valence electrons. The van der Waals surface area contributed by atoms with Gasteiger partial charge in [-0.2, -0.15) is 0 Å². The summed E-state index contributed by atoms with van der Waals surface area (Å²) in [5, 5.41) is 17.0. The molecule has 0 bridgehead atoms. The van der Waals surface area contributed by atoms with Gasteiger partial charge in [0.15, 0.2) is 0 Å². The monoisotopic (exact) mass is 426 g/mol. The average Bonchev–Trinajstić information content (AvgIpc) is 3.37. The Balaban J connectivity index is 0.000000313. The molecule has 0 aromatic carbocycles. The maximum atomic E-state index is 12.1. The van der Waals surface area contributed by atoms with Crippen LogP contribution >= 0.6 is 11.8 Å². The van der Waals surface area contributed by atoms with Gasteiger partial charge in [-0.05, 0) is 26.3 Å². The van der Waals surface area contributed by atoms with Gasteiger partial charge < -0.3 is 31.8 Å². The molecular formula is C17H26N6O5S. The van der Waals surface area contributed by atoms with Crippen molar-refractivity contribution in [3.05, 3.63) is 18.2 Å². The fourth-order valence-electron chi connectivity index (χ4n) is 2.80. The van der Waals surface area contributed by atoms with Gasteiger partial charge in [-0.25, -0.2) is 9.78 Å². The quantitative estimate of drug-likeness (QED) is 0.313. The van der Waals surface area contributed by atoms with Crippen LogP contribution in [0, 0.1) is 0 Å². The predicted octanol–water partition coefficient (Wildman–Crippen LogP) is -1.63. The Labute approximate surface area is 172 Å². The van der Waals surface area contributed by atoms with Gasteiger partial charge in [-0.1, -0.05) is 0 Å². The number of carboxylic acids is 1. The number of amides is 3. The number of thioether (sulfide) groups is 1. The SMILES string of the molecule is CC1SCC(C(=O)N[C@@H](Cc2c[nH]cn2)C(=O)O)NC1=O.NC(=O)[C@@H]1CCCN1. The molecule has 11 nitrogen and oxygen atoms in total. The van der Waals surface area contributed by atoms with E-state index in [2.05, 4.69) is 25.9 Å². The van der Waals surface area contributed by atoms with Gasteiger partial charge in [0.25, 0.3) is 0 Å². The van der Waals surface area contributed by atoms with E-state index in [0.717, 1.165) is 19.4 Å². The molecular weight excluding hydrogens is 400 g/mol. The van der Waals surface area contributed by atoms with E-state index in [1.807, 2.05) is 0 Å². The standard InChI is InChI=1S/C12H16N4O4S.C5H10N2O/c1-6-10(17)16-9(4-21-6)11(18)15-8(12(19)20)2-7-3-13-5-14-7;6-5(8)4-2-1-3-7-4/h3,5-6,8-9H,2,4H2,1H3,(H,13,14)(H,15,18)(H,16,17)(H,19,20);4,7H,1-3H2,(H2,6,8)/t6?,8-,9?;4-/m00/s1. The lowest BCUT2D eigenvalue weighted by atomic mass is 10.1. The van der Waals surface area contributed by atoms with E-state index in [1.165, 1.54) is 18.1 Å². The second-order valence-corrected chi connectivity index (χ2v) is 8.13. The zero-order valence-corrected chi connectivity index (χ0v) is 16.8. The van der Waals surface area contributed by atoms with Crippen LogP contribution in [0.25, 0.3) is 0 Å². The molecule has 3 amide bonds. The lowest BCUT2D eigenvalue weighted by Crippen LogP contribution is -2.56. The maximum absolute atomic E-state index is 12.1. The molecule has 1 aromatic rings. The van der Waals surface area contributed by atoms with E-state index in [0.29, 0.717) is 11.4 Å². The smallest absolute Gasteiger partial charge is 0.326 e. The van der Waals surface area contributed by atoms with Gasteiger partial charge in [0.05, 0.1) is 23.3 Å². The van der Waals surface area contributed by atoms with Crippen LogP contribution in [0.2, 0.25) is 0 Å². The van der Waals surface area contributed by atoms with Crippen molar-refractivity contribution in [2.45, 2.75) is 49.6 Å². The van der Waals surface area contributed by atoms with E-state index < -0.39 is 24.0 Å². The number of nitrogens with zero attached hydrogens (tertiary/aromatic N) is 1. The van der Waals surface area contributed by atoms with Crippen LogP contribution in [0.1, 0.15) is 25.5 Å². The third-order valence-electron chi connectivity index (χ3n) is 4.50. The van der Waals surface area contributed by atoms with E-state index in [1.54, 1.807) is 13.1 Å². The number of nitrogens with two attached hydrogens (primary N) is 1. The summed E-state index contributed by atoms with van der Waals surface area (Å²) in [6.45, 7) is 2.69. The number of hydrogen-bond acceptors (Lipinski definition) is 7. The molecule has 12 heteroatoms. The fraction of sp³-hybridized carbons (Fsp3) is 0.588. The molecule has 4 atom stereocenters. The number of aliphatic carboxylic acids is 1. The van der Waals surface area contributed by atoms with E-state index in [-0.39, 0.29) is 29.5 Å². The molecule has 0 spiro atoms. The minimum absolute atomic E-state index is 0.0463. The summed E-state index contributed by atoms with van der Waals surface area (Å²) in [5.74, 6) is -1.65. The lowest BCUT2D eigenvalue weighted by Gasteiger charge is -2.27. The molecule has 2 fully saturated rings. The minimum atomic E-state index is -1.14. The number of carbonyl (C=O) groups excluding carboxylic acids is 3. The number of imidazole rings is 1. The molecule has 3 heterocycles. The van der Waals surface area contributed by atoms with Crippen LogP contribution in [-0.2, 0) is 25.6 Å². The van der Waals surface area contributed by atoms with E-state index in [4.69, 9.17) is 10.8 Å². The Bertz CT molecular complexity index is 722. The normalized spacial score (nSPS) is 24.6. The summed E-state index contributed by atoms with van der Waals surface area (Å²) >= 11 is 1.37. The first kappa shape index (κ1) is 22.7. The van der Waals surface area contributed by atoms with E-state index in [9.17, 15) is 19.2 Å². The van der Waals surface area contributed by atoms with Gasteiger partial charge in [-0.15, -0.1) is 11.8 Å². The second-order valence-electron chi connectivity index (χ2n) is 6.75. The van der Waals surface area contributed by atoms with Crippen molar-refractivity contribution in [1.82, 2.24) is 25.9 Å². The topological polar surface area (TPSA) is 179 Å². The predicted molar refractivity (Wildman–Crippen MR) is 106 cm³/mol. The number of aromatic nitrogens is 2. The Morgan fingerprint density at radius 1 is 1.41 bits per heavy atom. The van der Waals surface area contributed by atoms with Crippen LogP contribution in [0.4, 0.5) is 0 Å². The highest BCUT2D eigenvalue weighted by molar-refractivity contribution is 8.00. The number of carbonyl (C=O) groups is 4. The highest BCUT2D eigenvalue weighted by Crippen LogP contribution is 2.17. The van der Waals surface area contributed by atoms with Gasteiger partial charge >= 0.3 is 5.97 Å². The minimum Gasteiger partial charge on any atom is -0.480 e. The summed E-state index contributed by atoms with van der Waals surface area (Å²) in [5.41, 5.74) is 5.54. The van der Waals surface area contributed by atoms with Crippen molar-refractivity contribution in [2.24, 2.45) is 5.73 Å². The largest absolute Gasteiger partial charge is 0.480 e. The molecule has 2 aliphatic heterocycles. The molecule has 0 saturated carbocycles. The zero-order chi connectivity index (χ0) is 21.4. The molecule has 2 aliphatic rings. The number of carboxylic acid groups (broad SMARTS) is 1. The molecule has 1 aromatic heterocycles. The van der Waals surface area contributed by atoms with Gasteiger partial charge in [0, 0.05) is 18.4 Å². The molecule has 0 radical (unpaired) electrons. The van der Waals surface area contributed by atoms with Crippen LogP contribution in [0.3, 0.4) is 0 Å². The van der Waals surface area contributed by atoms with Crippen molar-refractivity contribution in [2.75, 3.05) is 12.3 Å². The molecule has 2 unspecified atom stereocenters. The number of aromatic amines is 1. The van der Waals surface area contributed by atoms with Crippen LogP contribution in [0.15, 0.2) is 12.5 Å². The summed E-state index contributed by atoms with van der Waals surface area (Å²) in [4.78, 5) is 51.8. The molecule has 0 aliphatic carbocycles. The summed E-state index contributed by atoms with van der Waals surface area (Å²) in [6, 6.07) is -1.84. The number of hydrogen-bond donors (Lipinski definition) is 6. The first-order valence-corrected chi connectivity index (χ1v) is 10.3. The van der Waals surface area contributed by atoms with Crippen molar-refractivity contribution in [3.8, 4) is 0 Å². The first-order valence-electron chi connectivity index (χ1n) is 9.23. The molecule has 2 saturated heterocycles. The number of rotatable bonds is 6.